The first-order valence-electron chi connectivity index (χ1n) is 7.09. The maximum atomic E-state index is 5.15. The van der Waals surface area contributed by atoms with Crippen LogP contribution >= 0.6 is 0 Å². The lowest BCUT2D eigenvalue weighted by Crippen LogP contribution is -2.41. The molecule has 102 valence electrons. The molecular weight excluding hydrogens is 212 g/mol. The van der Waals surface area contributed by atoms with Gasteiger partial charge >= 0.3 is 0 Å². The molecule has 0 aliphatic carbocycles. The van der Waals surface area contributed by atoms with E-state index < -0.39 is 0 Å². The Kier molecular flexibility index (Phi) is 7.09. The van der Waals surface area contributed by atoms with Gasteiger partial charge in [0.2, 0.25) is 0 Å². The predicted molar refractivity (Wildman–Crippen MR) is 73.4 cm³/mol. The zero-order valence-electron chi connectivity index (χ0n) is 12.0. The Morgan fingerprint density at radius 3 is 2.82 bits per heavy atom. The highest BCUT2D eigenvalue weighted by Crippen LogP contribution is 2.14. The highest BCUT2D eigenvalue weighted by molar-refractivity contribution is 4.81. The first kappa shape index (κ1) is 14.9. The van der Waals surface area contributed by atoms with Gasteiger partial charge in [0.1, 0.15) is 0 Å². The van der Waals surface area contributed by atoms with E-state index in [1.165, 1.54) is 32.5 Å². The molecular formula is C14H30N2O. The average Bonchev–Trinajstić information content (AvgIpc) is 2.41. The number of nitrogens with one attached hydrogen (secondary N) is 1. The van der Waals surface area contributed by atoms with Crippen molar-refractivity contribution in [2.24, 2.45) is 5.92 Å². The zero-order chi connectivity index (χ0) is 12.7. The highest BCUT2D eigenvalue weighted by Gasteiger charge is 2.22. The van der Waals surface area contributed by atoms with E-state index in [-0.39, 0.29) is 0 Å². The number of ether oxygens (including phenoxy) is 1. The smallest absolute Gasteiger partial charge is 0.0474 e. The van der Waals surface area contributed by atoms with Crippen LogP contribution in [0.15, 0.2) is 0 Å². The summed E-state index contributed by atoms with van der Waals surface area (Å²) in [6.45, 7) is 11.4. The van der Waals surface area contributed by atoms with Crippen molar-refractivity contribution in [3.63, 3.8) is 0 Å². The van der Waals surface area contributed by atoms with Crippen LogP contribution in [0.4, 0.5) is 0 Å². The molecule has 17 heavy (non-hydrogen) atoms. The maximum absolute atomic E-state index is 5.15. The summed E-state index contributed by atoms with van der Waals surface area (Å²) in [6, 6.07) is 1.37. The quantitative estimate of drug-likeness (QED) is 0.722. The SMILES string of the molecule is COCCCN1CC(CC(C)C)NCCC1C. The van der Waals surface area contributed by atoms with Gasteiger partial charge in [-0.05, 0) is 38.6 Å². The molecule has 0 aromatic rings. The maximum Gasteiger partial charge on any atom is 0.0474 e. The normalized spacial score (nSPS) is 27.4. The monoisotopic (exact) mass is 242 g/mol. The Morgan fingerprint density at radius 2 is 2.18 bits per heavy atom. The van der Waals surface area contributed by atoms with Crippen molar-refractivity contribution >= 4 is 0 Å². The molecule has 0 bridgehead atoms. The summed E-state index contributed by atoms with van der Waals surface area (Å²) < 4.78 is 5.15. The first-order chi connectivity index (χ1) is 8.13. The van der Waals surface area contributed by atoms with Crippen LogP contribution in [0, 0.1) is 5.92 Å². The fourth-order valence-electron chi connectivity index (χ4n) is 2.66. The van der Waals surface area contributed by atoms with Crippen LogP contribution in [0.2, 0.25) is 0 Å². The molecule has 1 aliphatic heterocycles. The third-order valence-electron chi connectivity index (χ3n) is 3.62. The van der Waals surface area contributed by atoms with Crippen LogP contribution < -0.4 is 5.32 Å². The van der Waals surface area contributed by atoms with Gasteiger partial charge in [-0.1, -0.05) is 13.8 Å². The molecule has 0 spiro atoms. The van der Waals surface area contributed by atoms with Crippen molar-refractivity contribution in [2.75, 3.05) is 33.4 Å². The van der Waals surface area contributed by atoms with Gasteiger partial charge in [0.25, 0.3) is 0 Å². The molecule has 2 atom stereocenters. The molecule has 2 unspecified atom stereocenters. The molecule has 1 fully saturated rings. The number of hydrogen-bond acceptors (Lipinski definition) is 3. The van der Waals surface area contributed by atoms with E-state index in [2.05, 4.69) is 31.0 Å². The standard InChI is InChI=1S/C14H30N2O/c1-12(2)10-14-11-16(8-5-9-17-4)13(3)6-7-15-14/h12-15H,5-11H2,1-4H3. The lowest BCUT2D eigenvalue weighted by molar-refractivity contribution is 0.150. The summed E-state index contributed by atoms with van der Waals surface area (Å²) in [5.41, 5.74) is 0. The van der Waals surface area contributed by atoms with Crippen LogP contribution in [0.25, 0.3) is 0 Å². The minimum absolute atomic E-state index is 0.669. The Balaban J connectivity index is 2.40. The summed E-state index contributed by atoms with van der Waals surface area (Å²) in [5, 5.41) is 3.69. The van der Waals surface area contributed by atoms with Crippen molar-refractivity contribution in [3.05, 3.63) is 0 Å². The van der Waals surface area contributed by atoms with Crippen LogP contribution in [0.3, 0.4) is 0 Å². The van der Waals surface area contributed by atoms with Gasteiger partial charge in [0, 0.05) is 38.9 Å². The second-order valence-electron chi connectivity index (χ2n) is 5.76. The van der Waals surface area contributed by atoms with Gasteiger partial charge in [-0.15, -0.1) is 0 Å². The van der Waals surface area contributed by atoms with E-state index in [1.807, 2.05) is 0 Å². The summed E-state index contributed by atoms with van der Waals surface area (Å²) >= 11 is 0. The molecule has 3 heteroatoms. The Morgan fingerprint density at radius 1 is 1.41 bits per heavy atom. The van der Waals surface area contributed by atoms with E-state index in [9.17, 15) is 0 Å². The molecule has 0 radical (unpaired) electrons. The summed E-state index contributed by atoms with van der Waals surface area (Å²) in [5.74, 6) is 0.779. The second kappa shape index (κ2) is 8.06. The predicted octanol–water partition coefficient (Wildman–Crippen LogP) is 2.12. The molecule has 1 N–H and O–H groups in total. The van der Waals surface area contributed by atoms with Crippen molar-refractivity contribution in [3.8, 4) is 0 Å². The molecule has 3 nitrogen and oxygen atoms in total. The summed E-state index contributed by atoms with van der Waals surface area (Å²) in [7, 11) is 1.79. The number of rotatable bonds is 6. The molecule has 1 aliphatic rings. The van der Waals surface area contributed by atoms with E-state index in [0.717, 1.165) is 18.9 Å². The molecule has 1 heterocycles. The Labute approximate surface area is 107 Å². The summed E-state index contributed by atoms with van der Waals surface area (Å²) in [4.78, 5) is 2.63. The van der Waals surface area contributed by atoms with Crippen LogP contribution in [-0.4, -0.2) is 50.3 Å². The van der Waals surface area contributed by atoms with Crippen molar-refractivity contribution in [1.82, 2.24) is 10.2 Å². The van der Waals surface area contributed by atoms with Crippen LogP contribution in [-0.2, 0) is 4.74 Å². The lowest BCUT2D eigenvalue weighted by Gasteiger charge is -2.29. The topological polar surface area (TPSA) is 24.5 Å². The Bertz CT molecular complexity index is 197. The van der Waals surface area contributed by atoms with Crippen molar-refractivity contribution in [2.45, 2.75) is 52.1 Å². The van der Waals surface area contributed by atoms with Crippen molar-refractivity contribution < 1.29 is 4.74 Å². The van der Waals surface area contributed by atoms with Gasteiger partial charge in [0.15, 0.2) is 0 Å². The van der Waals surface area contributed by atoms with Gasteiger partial charge in [0.05, 0.1) is 0 Å². The summed E-state index contributed by atoms with van der Waals surface area (Å²) in [6.07, 6.45) is 3.70. The minimum Gasteiger partial charge on any atom is -0.385 e. The number of hydrogen-bond donors (Lipinski definition) is 1. The second-order valence-corrected chi connectivity index (χ2v) is 5.76. The van der Waals surface area contributed by atoms with Crippen LogP contribution in [0.1, 0.15) is 40.0 Å². The zero-order valence-corrected chi connectivity index (χ0v) is 12.0. The molecule has 0 aromatic heterocycles. The van der Waals surface area contributed by atoms with E-state index in [1.54, 1.807) is 7.11 Å². The highest BCUT2D eigenvalue weighted by atomic mass is 16.5. The largest absolute Gasteiger partial charge is 0.385 e. The van der Waals surface area contributed by atoms with Crippen LogP contribution in [0.5, 0.6) is 0 Å². The fourth-order valence-corrected chi connectivity index (χ4v) is 2.66. The molecule has 0 saturated carbocycles. The molecule has 1 rings (SSSR count). The third-order valence-corrected chi connectivity index (χ3v) is 3.62. The molecule has 1 saturated heterocycles. The van der Waals surface area contributed by atoms with E-state index >= 15 is 0 Å². The third kappa shape index (κ3) is 5.84. The minimum atomic E-state index is 0.669. The first-order valence-corrected chi connectivity index (χ1v) is 7.09. The van der Waals surface area contributed by atoms with Gasteiger partial charge in [-0.2, -0.15) is 0 Å². The van der Waals surface area contributed by atoms with E-state index in [0.29, 0.717) is 12.1 Å². The fraction of sp³-hybridized carbons (Fsp3) is 1.00. The van der Waals surface area contributed by atoms with Gasteiger partial charge in [-0.3, -0.25) is 4.90 Å². The molecule has 0 amide bonds. The average molecular weight is 242 g/mol. The van der Waals surface area contributed by atoms with Crippen molar-refractivity contribution in [1.29, 1.82) is 0 Å². The van der Waals surface area contributed by atoms with Gasteiger partial charge < -0.3 is 10.1 Å². The number of nitrogens with zero attached hydrogens (tertiary/aromatic N) is 1. The number of methoxy groups -OCH3 is 1. The Hall–Kier alpha value is -0.120. The van der Waals surface area contributed by atoms with E-state index in [4.69, 9.17) is 4.74 Å². The lowest BCUT2D eigenvalue weighted by atomic mass is 10.0. The molecule has 0 aromatic carbocycles. The van der Waals surface area contributed by atoms with Gasteiger partial charge in [-0.25, -0.2) is 0 Å².